The molecule has 1 aromatic heterocycles. The summed E-state index contributed by atoms with van der Waals surface area (Å²) < 4.78 is 6.00. The van der Waals surface area contributed by atoms with Gasteiger partial charge < -0.3 is 10.2 Å². The Labute approximate surface area is 169 Å². The molecule has 0 radical (unpaired) electrons. The minimum Gasteiger partial charge on any atom is -0.420 e. The van der Waals surface area contributed by atoms with Crippen molar-refractivity contribution in [2.75, 3.05) is 13.1 Å². The summed E-state index contributed by atoms with van der Waals surface area (Å²) in [7, 11) is 0. The van der Waals surface area contributed by atoms with E-state index in [1.807, 2.05) is 42.5 Å². The molecule has 2 fully saturated rings. The lowest BCUT2D eigenvalue weighted by molar-refractivity contribution is 0.1000. The molecule has 2 aliphatic rings. The van der Waals surface area contributed by atoms with E-state index in [4.69, 9.17) is 10.2 Å². The van der Waals surface area contributed by atoms with Crippen LogP contribution in [0.5, 0.6) is 0 Å². The second kappa shape index (κ2) is 7.12. The van der Waals surface area contributed by atoms with Crippen molar-refractivity contribution in [3.63, 3.8) is 0 Å². The van der Waals surface area contributed by atoms with E-state index in [2.05, 4.69) is 21.2 Å². The zero-order valence-corrected chi connectivity index (χ0v) is 16.3. The highest BCUT2D eigenvalue weighted by Gasteiger charge is 2.58. The minimum atomic E-state index is -0.375. The second-order valence-electron chi connectivity index (χ2n) is 8.27. The Morgan fingerprint density at radius 2 is 1.90 bits per heavy atom. The van der Waals surface area contributed by atoms with Crippen molar-refractivity contribution in [1.82, 2.24) is 15.1 Å². The second-order valence-corrected chi connectivity index (χ2v) is 8.27. The topological polar surface area (TPSA) is 85.3 Å². The molecule has 1 atom stereocenters. The van der Waals surface area contributed by atoms with Crippen LogP contribution in [0.15, 0.2) is 59.0 Å². The fraction of sp³-hybridized carbons (Fsp3) is 0.348. The van der Waals surface area contributed by atoms with Crippen LogP contribution in [0.3, 0.4) is 0 Å². The van der Waals surface area contributed by atoms with Crippen molar-refractivity contribution < 1.29 is 9.21 Å². The Hall–Kier alpha value is -2.99. The first-order valence-electron chi connectivity index (χ1n) is 10.1. The minimum absolute atomic E-state index is 0.312. The molecular weight excluding hydrogens is 364 g/mol. The SMILES string of the molecule is NC(=O)c1cccc(CN2CCC3(CC2)CC3c2nnc(-c3ccccc3)o2)c1. The lowest BCUT2D eigenvalue weighted by Crippen LogP contribution is -2.34. The summed E-state index contributed by atoms with van der Waals surface area (Å²) in [6.45, 7) is 2.93. The molecule has 0 bridgehead atoms. The molecule has 3 aromatic rings. The van der Waals surface area contributed by atoms with Crippen molar-refractivity contribution in [3.05, 3.63) is 71.6 Å². The van der Waals surface area contributed by atoms with Crippen molar-refractivity contribution in [1.29, 1.82) is 0 Å². The highest BCUT2D eigenvalue weighted by Crippen LogP contribution is 2.64. The Morgan fingerprint density at radius 1 is 1.10 bits per heavy atom. The number of hydrogen-bond acceptors (Lipinski definition) is 5. The summed E-state index contributed by atoms with van der Waals surface area (Å²) in [5.74, 6) is 1.40. The molecule has 6 heteroatoms. The zero-order valence-electron chi connectivity index (χ0n) is 16.3. The highest BCUT2D eigenvalue weighted by molar-refractivity contribution is 5.92. The summed E-state index contributed by atoms with van der Waals surface area (Å²) in [6, 6.07) is 17.5. The predicted molar refractivity (Wildman–Crippen MR) is 109 cm³/mol. The molecule has 1 amide bonds. The van der Waals surface area contributed by atoms with Gasteiger partial charge in [0.15, 0.2) is 0 Å². The van der Waals surface area contributed by atoms with E-state index in [-0.39, 0.29) is 5.91 Å². The van der Waals surface area contributed by atoms with Gasteiger partial charge in [-0.3, -0.25) is 9.69 Å². The van der Waals surface area contributed by atoms with Crippen LogP contribution in [0.2, 0.25) is 0 Å². The van der Waals surface area contributed by atoms with Crippen molar-refractivity contribution in [3.8, 4) is 11.5 Å². The average molecular weight is 388 g/mol. The largest absolute Gasteiger partial charge is 0.420 e. The molecular formula is C23H24N4O2. The van der Waals surface area contributed by atoms with E-state index < -0.39 is 0 Å². The lowest BCUT2D eigenvalue weighted by Gasteiger charge is -2.32. The summed E-state index contributed by atoms with van der Waals surface area (Å²) in [5.41, 5.74) is 8.38. The normalized spacial score (nSPS) is 20.6. The lowest BCUT2D eigenvalue weighted by atomic mass is 9.90. The fourth-order valence-corrected chi connectivity index (χ4v) is 4.56. The third kappa shape index (κ3) is 3.56. The number of nitrogens with two attached hydrogens (primary N) is 1. The van der Waals surface area contributed by atoms with Crippen molar-refractivity contribution in [2.24, 2.45) is 11.1 Å². The van der Waals surface area contributed by atoms with Gasteiger partial charge in [-0.15, -0.1) is 10.2 Å². The maximum Gasteiger partial charge on any atom is 0.248 e. The number of hydrogen-bond donors (Lipinski definition) is 1. The van der Waals surface area contributed by atoms with Crippen LogP contribution in [0, 0.1) is 5.41 Å². The summed E-state index contributed by atoms with van der Waals surface area (Å²) >= 11 is 0. The van der Waals surface area contributed by atoms with Crippen LogP contribution < -0.4 is 5.73 Å². The molecule has 5 rings (SSSR count). The molecule has 2 aromatic carbocycles. The molecule has 2 heterocycles. The number of likely N-dealkylation sites (tertiary alicyclic amines) is 1. The first-order valence-corrected chi connectivity index (χ1v) is 10.1. The van der Waals surface area contributed by atoms with Gasteiger partial charge >= 0.3 is 0 Å². The van der Waals surface area contributed by atoms with E-state index >= 15 is 0 Å². The van der Waals surface area contributed by atoms with E-state index in [1.165, 1.54) is 0 Å². The first-order chi connectivity index (χ1) is 14.1. The summed E-state index contributed by atoms with van der Waals surface area (Å²) in [6.07, 6.45) is 3.40. The predicted octanol–water partition coefficient (Wildman–Crippen LogP) is 3.61. The van der Waals surface area contributed by atoms with Crippen LogP contribution in [-0.4, -0.2) is 34.1 Å². The maximum absolute atomic E-state index is 11.4. The van der Waals surface area contributed by atoms with Gasteiger partial charge in [0, 0.05) is 23.6 Å². The standard InChI is InChI=1S/C23H24N4O2/c24-20(28)18-8-4-5-16(13-18)15-27-11-9-23(10-12-27)14-19(23)22-26-25-21(29-22)17-6-2-1-3-7-17/h1-8,13,19H,9-12,14-15H2,(H2,24,28). The van der Waals surface area contributed by atoms with Crippen LogP contribution in [0.25, 0.3) is 11.5 Å². The average Bonchev–Trinajstić information content (AvgIpc) is 3.21. The van der Waals surface area contributed by atoms with Crippen LogP contribution >= 0.6 is 0 Å². The van der Waals surface area contributed by atoms with E-state index in [1.54, 1.807) is 6.07 Å². The number of rotatable bonds is 5. The van der Waals surface area contributed by atoms with Crippen molar-refractivity contribution >= 4 is 5.91 Å². The number of piperidine rings is 1. The Balaban J connectivity index is 1.20. The van der Waals surface area contributed by atoms with Gasteiger partial charge in [-0.25, -0.2) is 0 Å². The zero-order chi connectivity index (χ0) is 19.8. The summed E-state index contributed by atoms with van der Waals surface area (Å²) in [4.78, 5) is 13.8. The molecule has 2 N–H and O–H groups in total. The first kappa shape index (κ1) is 18.1. The molecule has 1 aliphatic heterocycles. The van der Waals surface area contributed by atoms with Crippen molar-refractivity contribution in [2.45, 2.75) is 31.7 Å². The molecule has 29 heavy (non-hydrogen) atoms. The molecule has 1 spiro atoms. The number of benzene rings is 2. The fourth-order valence-electron chi connectivity index (χ4n) is 4.56. The molecule has 1 saturated heterocycles. The van der Waals surface area contributed by atoms with Gasteiger partial charge in [0.2, 0.25) is 17.7 Å². The van der Waals surface area contributed by atoms with Crippen LogP contribution in [0.4, 0.5) is 0 Å². The molecule has 1 aliphatic carbocycles. The van der Waals surface area contributed by atoms with Crippen LogP contribution in [-0.2, 0) is 6.54 Å². The molecule has 1 saturated carbocycles. The molecule has 1 unspecified atom stereocenters. The number of carbonyl (C=O) groups excluding carboxylic acids is 1. The Kier molecular flexibility index (Phi) is 4.43. The van der Waals surface area contributed by atoms with E-state index in [9.17, 15) is 4.79 Å². The Morgan fingerprint density at radius 3 is 2.66 bits per heavy atom. The third-order valence-corrected chi connectivity index (χ3v) is 6.42. The van der Waals surface area contributed by atoms with E-state index in [0.717, 1.165) is 55.9 Å². The number of aromatic nitrogens is 2. The quantitative estimate of drug-likeness (QED) is 0.722. The number of carbonyl (C=O) groups is 1. The number of primary amides is 1. The monoisotopic (exact) mass is 388 g/mol. The maximum atomic E-state index is 11.4. The van der Waals surface area contributed by atoms with Crippen LogP contribution in [0.1, 0.15) is 47.0 Å². The van der Waals surface area contributed by atoms with Gasteiger partial charge in [0.25, 0.3) is 0 Å². The highest BCUT2D eigenvalue weighted by atomic mass is 16.4. The number of amides is 1. The third-order valence-electron chi connectivity index (χ3n) is 6.42. The Bertz CT molecular complexity index is 1020. The number of nitrogens with zero attached hydrogens (tertiary/aromatic N) is 3. The smallest absolute Gasteiger partial charge is 0.248 e. The molecule has 148 valence electrons. The van der Waals surface area contributed by atoms with E-state index in [0.29, 0.717) is 22.8 Å². The van der Waals surface area contributed by atoms with Gasteiger partial charge in [0.1, 0.15) is 0 Å². The van der Waals surface area contributed by atoms with Gasteiger partial charge in [-0.1, -0.05) is 30.3 Å². The molecule has 6 nitrogen and oxygen atoms in total. The van der Waals surface area contributed by atoms with Gasteiger partial charge in [-0.05, 0) is 67.6 Å². The summed E-state index contributed by atoms with van der Waals surface area (Å²) in [5, 5.41) is 8.60. The van der Waals surface area contributed by atoms with Gasteiger partial charge in [-0.2, -0.15) is 0 Å². The van der Waals surface area contributed by atoms with Gasteiger partial charge in [0.05, 0.1) is 0 Å².